The monoisotopic (exact) mass is 627 g/mol. The smallest absolute Gasteiger partial charge is 0.255 e. The minimum Gasteiger partial charge on any atom is -0.347 e. The van der Waals surface area contributed by atoms with Crippen molar-refractivity contribution < 1.29 is 18.0 Å². The number of benzene rings is 3. The van der Waals surface area contributed by atoms with Crippen LogP contribution in [-0.2, 0) is 20.4 Å². The van der Waals surface area contributed by atoms with E-state index in [2.05, 4.69) is 10.0 Å². The number of halogens is 2. The van der Waals surface area contributed by atoms with Crippen LogP contribution in [0, 0.1) is 0 Å². The molecule has 4 atom stereocenters. The number of fused-ring (bicyclic) bond motifs is 1. The predicted octanol–water partition coefficient (Wildman–Crippen LogP) is 6.19. The van der Waals surface area contributed by atoms with E-state index in [9.17, 15) is 18.0 Å². The van der Waals surface area contributed by atoms with Gasteiger partial charge in [0.15, 0.2) is 0 Å². The fourth-order valence-electron chi connectivity index (χ4n) is 6.44. The van der Waals surface area contributed by atoms with Gasteiger partial charge in [-0.25, -0.2) is 13.1 Å². The van der Waals surface area contributed by atoms with Crippen molar-refractivity contribution in [1.82, 2.24) is 14.9 Å². The van der Waals surface area contributed by atoms with E-state index < -0.39 is 39.6 Å². The normalized spacial score (nSPS) is 22.9. The van der Waals surface area contributed by atoms with Crippen LogP contribution in [0.5, 0.6) is 0 Å². The fraction of sp³-hybridized carbons (Fsp3) is 0.375. The van der Waals surface area contributed by atoms with Gasteiger partial charge in [-0.1, -0.05) is 90.6 Å². The van der Waals surface area contributed by atoms with Gasteiger partial charge in [-0.05, 0) is 61.6 Å². The van der Waals surface area contributed by atoms with Crippen LogP contribution in [0.1, 0.15) is 78.5 Å². The van der Waals surface area contributed by atoms with Crippen LogP contribution in [0.25, 0.3) is 0 Å². The summed E-state index contributed by atoms with van der Waals surface area (Å²) >= 11 is 13.1. The Morgan fingerprint density at radius 1 is 0.929 bits per heavy atom. The number of rotatable bonds is 7. The third-order valence-electron chi connectivity index (χ3n) is 8.32. The predicted molar refractivity (Wildman–Crippen MR) is 166 cm³/mol. The molecule has 1 fully saturated rings. The topological polar surface area (TPSA) is 95.6 Å². The Labute approximate surface area is 257 Å². The standard InChI is InChI=1S/C32H35Cl2N3O4S/c1-32(2,20-11-5-4-6-12-20)35-30(38)28-22-13-7-8-14-23(22)31(39)37(29(28)24-18-17-21(33)19-25(24)34)27-16-10-9-15-26(27)36-42(3,40)41/h4-8,11-14,17-19,26-29,36H,9-10,15-16H2,1-3H3,(H,35,38)/t26-,27-,28+,29-/m0/s1. The van der Waals surface area contributed by atoms with Crippen LogP contribution >= 0.6 is 23.2 Å². The summed E-state index contributed by atoms with van der Waals surface area (Å²) in [5.41, 5.74) is 1.80. The lowest BCUT2D eigenvalue weighted by atomic mass is 9.76. The second-order valence-electron chi connectivity index (χ2n) is 11.7. The van der Waals surface area contributed by atoms with E-state index in [-0.39, 0.29) is 11.8 Å². The van der Waals surface area contributed by atoms with Crippen molar-refractivity contribution in [2.24, 2.45) is 0 Å². The average molecular weight is 629 g/mol. The van der Waals surface area contributed by atoms with Crippen molar-refractivity contribution in [2.45, 2.75) is 69.1 Å². The Balaban J connectivity index is 1.69. The highest BCUT2D eigenvalue weighted by atomic mass is 35.5. The minimum atomic E-state index is -3.56. The third kappa shape index (κ3) is 6.23. The number of amides is 2. The number of carbonyl (C=O) groups excluding carboxylic acids is 2. The molecule has 2 amide bonds. The first kappa shape index (κ1) is 30.5. The molecule has 5 rings (SSSR count). The zero-order chi connectivity index (χ0) is 30.2. The van der Waals surface area contributed by atoms with Gasteiger partial charge in [0, 0.05) is 27.7 Å². The Morgan fingerprint density at radius 3 is 2.29 bits per heavy atom. The molecular formula is C32H35Cl2N3O4S. The second kappa shape index (κ2) is 12.0. The number of hydrogen-bond donors (Lipinski definition) is 2. The van der Waals surface area contributed by atoms with Crippen LogP contribution in [0.3, 0.4) is 0 Å². The van der Waals surface area contributed by atoms with E-state index in [1.54, 1.807) is 35.2 Å². The van der Waals surface area contributed by atoms with Crippen LogP contribution in [0.4, 0.5) is 0 Å². The highest BCUT2D eigenvalue weighted by Crippen LogP contribution is 2.48. The van der Waals surface area contributed by atoms with E-state index in [4.69, 9.17) is 23.2 Å². The first-order valence-electron chi connectivity index (χ1n) is 14.1. The molecule has 0 aromatic heterocycles. The minimum absolute atomic E-state index is 0.264. The van der Waals surface area contributed by atoms with Gasteiger partial charge in [-0.3, -0.25) is 9.59 Å². The largest absolute Gasteiger partial charge is 0.347 e. The summed E-state index contributed by atoms with van der Waals surface area (Å²) in [7, 11) is -3.56. The molecule has 7 nitrogen and oxygen atoms in total. The lowest BCUT2D eigenvalue weighted by Crippen LogP contribution is -2.59. The first-order chi connectivity index (χ1) is 19.9. The fourth-order valence-corrected chi connectivity index (χ4v) is 7.79. The third-order valence-corrected chi connectivity index (χ3v) is 9.62. The number of hydrogen-bond acceptors (Lipinski definition) is 4. The number of nitrogens with zero attached hydrogens (tertiary/aromatic N) is 1. The van der Waals surface area contributed by atoms with Crippen LogP contribution in [0.2, 0.25) is 10.0 Å². The zero-order valence-corrected chi connectivity index (χ0v) is 26.1. The molecule has 0 unspecified atom stereocenters. The SMILES string of the molecule is CC(C)(NC(=O)[C@@H]1c2ccccc2C(=O)N([C@H]2CCCC[C@@H]2NS(C)(=O)=O)[C@H]1c1ccc(Cl)cc1Cl)c1ccccc1. The summed E-state index contributed by atoms with van der Waals surface area (Å²) in [6, 6.07) is 20.1. The Hall–Kier alpha value is -2.91. The number of sulfonamides is 1. The number of nitrogens with one attached hydrogen (secondary N) is 2. The van der Waals surface area contributed by atoms with Crippen LogP contribution in [-0.4, -0.2) is 43.5 Å². The Kier molecular flexibility index (Phi) is 8.72. The molecule has 3 aromatic carbocycles. The van der Waals surface area contributed by atoms with Crippen molar-refractivity contribution in [3.8, 4) is 0 Å². The first-order valence-corrected chi connectivity index (χ1v) is 16.7. The summed E-state index contributed by atoms with van der Waals surface area (Å²) in [5.74, 6) is -1.37. The molecule has 0 saturated heterocycles. The summed E-state index contributed by atoms with van der Waals surface area (Å²) in [6.07, 6.45) is 3.91. The van der Waals surface area contributed by atoms with Gasteiger partial charge in [0.25, 0.3) is 5.91 Å². The maximum absolute atomic E-state index is 14.5. The van der Waals surface area contributed by atoms with Crippen molar-refractivity contribution in [3.05, 3.63) is 105 Å². The molecule has 2 N–H and O–H groups in total. The molecule has 1 aliphatic carbocycles. The summed E-state index contributed by atoms with van der Waals surface area (Å²) < 4.78 is 27.6. The lowest BCUT2D eigenvalue weighted by Gasteiger charge is -2.49. The summed E-state index contributed by atoms with van der Waals surface area (Å²) in [5, 5.41) is 4.00. The van der Waals surface area contributed by atoms with Gasteiger partial charge in [0.2, 0.25) is 15.9 Å². The van der Waals surface area contributed by atoms with Gasteiger partial charge >= 0.3 is 0 Å². The van der Waals surface area contributed by atoms with Crippen molar-refractivity contribution >= 4 is 45.0 Å². The van der Waals surface area contributed by atoms with Crippen LogP contribution < -0.4 is 10.0 Å². The molecule has 0 spiro atoms. The zero-order valence-electron chi connectivity index (χ0n) is 23.8. The molecule has 0 radical (unpaired) electrons. The van der Waals surface area contributed by atoms with E-state index >= 15 is 0 Å². The highest BCUT2D eigenvalue weighted by molar-refractivity contribution is 7.88. The van der Waals surface area contributed by atoms with Crippen molar-refractivity contribution in [3.63, 3.8) is 0 Å². The molecule has 2 aliphatic rings. The highest BCUT2D eigenvalue weighted by Gasteiger charge is 2.50. The second-order valence-corrected chi connectivity index (χ2v) is 14.3. The van der Waals surface area contributed by atoms with Gasteiger partial charge < -0.3 is 10.2 Å². The molecule has 0 bridgehead atoms. The maximum Gasteiger partial charge on any atom is 0.255 e. The summed E-state index contributed by atoms with van der Waals surface area (Å²) in [6.45, 7) is 3.88. The van der Waals surface area contributed by atoms with E-state index in [1.165, 1.54) is 0 Å². The molecule has 3 aromatic rings. The van der Waals surface area contributed by atoms with E-state index in [0.29, 0.717) is 39.6 Å². The summed E-state index contributed by atoms with van der Waals surface area (Å²) in [4.78, 5) is 30.6. The van der Waals surface area contributed by atoms with E-state index in [0.717, 1.165) is 24.7 Å². The van der Waals surface area contributed by atoms with E-state index in [1.807, 2.05) is 56.3 Å². The molecular weight excluding hydrogens is 593 g/mol. The average Bonchev–Trinajstić information content (AvgIpc) is 2.93. The quantitative estimate of drug-likeness (QED) is 0.327. The number of carbonyl (C=O) groups is 2. The molecule has 1 saturated carbocycles. The molecule has 1 heterocycles. The van der Waals surface area contributed by atoms with Gasteiger partial charge in [-0.15, -0.1) is 0 Å². The maximum atomic E-state index is 14.5. The molecule has 10 heteroatoms. The van der Waals surface area contributed by atoms with Crippen molar-refractivity contribution in [2.75, 3.05) is 6.26 Å². The lowest BCUT2D eigenvalue weighted by molar-refractivity contribution is -0.126. The van der Waals surface area contributed by atoms with Crippen molar-refractivity contribution in [1.29, 1.82) is 0 Å². The molecule has 1 aliphatic heterocycles. The molecule has 222 valence electrons. The van der Waals surface area contributed by atoms with Crippen LogP contribution in [0.15, 0.2) is 72.8 Å². The van der Waals surface area contributed by atoms with Gasteiger partial charge in [-0.2, -0.15) is 0 Å². The van der Waals surface area contributed by atoms with Gasteiger partial charge in [0.1, 0.15) is 0 Å². The molecule has 42 heavy (non-hydrogen) atoms. The Bertz CT molecular complexity index is 1600. The van der Waals surface area contributed by atoms with Gasteiger partial charge in [0.05, 0.1) is 23.8 Å². The Morgan fingerprint density at radius 2 is 1.60 bits per heavy atom.